The summed E-state index contributed by atoms with van der Waals surface area (Å²) >= 11 is 2.23. The van der Waals surface area contributed by atoms with E-state index in [4.69, 9.17) is 4.74 Å². The fraction of sp³-hybridized carbons (Fsp3) is 0.667. The first kappa shape index (κ1) is 13.6. The Morgan fingerprint density at radius 3 is 2.72 bits per heavy atom. The Hall–Kier alpha value is -0.790. The number of carbonyl (C=O) groups excluding carboxylic acids is 1. The van der Waals surface area contributed by atoms with Crippen LogP contribution in [0.4, 0.5) is 4.79 Å². The number of nitrogens with zero attached hydrogens (tertiary/aromatic N) is 2. The third kappa shape index (κ3) is 3.15. The number of ether oxygens (including phenoxy) is 1. The van der Waals surface area contributed by atoms with E-state index in [1.54, 1.807) is 4.90 Å². The van der Waals surface area contributed by atoms with Crippen LogP contribution in [0.25, 0.3) is 0 Å². The highest BCUT2D eigenvalue weighted by Crippen LogP contribution is 2.20. The topological polar surface area (TPSA) is 58.2 Å². The summed E-state index contributed by atoms with van der Waals surface area (Å²) in [5, 5.41) is 7.23. The molecule has 0 bridgehead atoms. The van der Waals surface area contributed by atoms with E-state index in [0.717, 1.165) is 22.2 Å². The van der Waals surface area contributed by atoms with Crippen LogP contribution >= 0.6 is 22.6 Å². The van der Waals surface area contributed by atoms with Crippen molar-refractivity contribution in [2.75, 3.05) is 13.1 Å². The van der Waals surface area contributed by atoms with Crippen molar-refractivity contribution in [3.05, 3.63) is 15.0 Å². The molecule has 0 aliphatic carbocycles. The summed E-state index contributed by atoms with van der Waals surface area (Å²) in [6, 6.07) is 0. The number of hydrogen-bond acceptors (Lipinski definition) is 3. The van der Waals surface area contributed by atoms with Crippen LogP contribution in [0.15, 0.2) is 0 Å². The zero-order chi connectivity index (χ0) is 13.3. The second-order valence-corrected chi connectivity index (χ2v) is 6.46. The number of fused-ring (bicyclic) bond motifs is 1. The summed E-state index contributed by atoms with van der Waals surface area (Å²) in [7, 11) is 0. The van der Waals surface area contributed by atoms with Crippen molar-refractivity contribution in [2.24, 2.45) is 0 Å². The quantitative estimate of drug-likeness (QED) is 0.720. The number of amides is 1. The number of halogens is 1. The fourth-order valence-electron chi connectivity index (χ4n) is 1.95. The lowest BCUT2D eigenvalue weighted by atomic mass is 10.2. The summed E-state index contributed by atoms with van der Waals surface area (Å²) < 4.78 is 6.41. The normalized spacial score (nSPS) is 16.1. The molecule has 1 aliphatic heterocycles. The maximum atomic E-state index is 12.0. The number of nitrogens with one attached hydrogen (secondary N) is 1. The fourth-order valence-corrected chi connectivity index (χ4v) is 2.67. The van der Waals surface area contributed by atoms with Crippen LogP contribution in [0, 0.1) is 3.70 Å². The van der Waals surface area contributed by atoms with Crippen LogP contribution < -0.4 is 0 Å². The number of aromatic amines is 1. The van der Waals surface area contributed by atoms with Gasteiger partial charge >= 0.3 is 6.09 Å². The van der Waals surface area contributed by atoms with Gasteiger partial charge in [-0.05, 0) is 49.8 Å². The molecule has 18 heavy (non-hydrogen) atoms. The van der Waals surface area contributed by atoms with E-state index in [0.29, 0.717) is 13.1 Å². The van der Waals surface area contributed by atoms with Crippen LogP contribution in [-0.2, 0) is 17.6 Å². The average Bonchev–Trinajstić information content (AvgIpc) is 2.48. The number of hydrogen-bond donors (Lipinski definition) is 1. The first-order valence-electron chi connectivity index (χ1n) is 6.06. The Bertz CT molecular complexity index is 451. The lowest BCUT2D eigenvalue weighted by Gasteiger charge is -2.26. The SMILES string of the molecule is CC(C)(C)OC(=O)N1CCc2[nH]nc(I)c2CC1. The van der Waals surface area contributed by atoms with Crippen molar-refractivity contribution in [1.29, 1.82) is 0 Å². The van der Waals surface area contributed by atoms with E-state index in [1.165, 1.54) is 5.56 Å². The van der Waals surface area contributed by atoms with Gasteiger partial charge in [0.25, 0.3) is 0 Å². The van der Waals surface area contributed by atoms with Gasteiger partial charge < -0.3 is 9.64 Å². The zero-order valence-electron chi connectivity index (χ0n) is 10.9. The lowest BCUT2D eigenvalue weighted by Crippen LogP contribution is -2.38. The lowest BCUT2D eigenvalue weighted by molar-refractivity contribution is 0.0258. The molecule has 0 saturated heterocycles. The molecule has 6 heteroatoms. The van der Waals surface area contributed by atoms with Gasteiger partial charge in [0.1, 0.15) is 9.30 Å². The molecular formula is C12H18IN3O2. The minimum Gasteiger partial charge on any atom is -0.444 e. The maximum absolute atomic E-state index is 12.0. The molecule has 100 valence electrons. The molecular weight excluding hydrogens is 345 g/mol. The molecule has 1 aromatic heterocycles. The zero-order valence-corrected chi connectivity index (χ0v) is 13.1. The number of carbonyl (C=O) groups is 1. The largest absolute Gasteiger partial charge is 0.444 e. The predicted octanol–water partition coefficient (Wildman–Crippen LogP) is 2.35. The molecule has 0 fully saturated rings. The summed E-state index contributed by atoms with van der Waals surface area (Å²) in [5.74, 6) is 0. The minimum absolute atomic E-state index is 0.226. The van der Waals surface area contributed by atoms with Gasteiger partial charge in [0.05, 0.1) is 0 Å². The molecule has 2 rings (SSSR count). The van der Waals surface area contributed by atoms with E-state index in [-0.39, 0.29) is 6.09 Å². The molecule has 5 nitrogen and oxygen atoms in total. The highest BCUT2D eigenvalue weighted by Gasteiger charge is 2.25. The Morgan fingerprint density at radius 1 is 1.39 bits per heavy atom. The molecule has 2 heterocycles. The summed E-state index contributed by atoms with van der Waals surface area (Å²) in [4.78, 5) is 13.8. The van der Waals surface area contributed by atoms with E-state index < -0.39 is 5.60 Å². The second-order valence-electron chi connectivity index (χ2n) is 5.44. The van der Waals surface area contributed by atoms with E-state index in [2.05, 4.69) is 32.8 Å². The van der Waals surface area contributed by atoms with Crippen LogP contribution in [-0.4, -0.2) is 39.9 Å². The standard InChI is InChI=1S/C12H18IN3O2/c1-12(2,3)18-11(17)16-6-4-8-9(5-7-16)14-15-10(8)13/h4-7H2,1-3H3,(H,14,15). The smallest absolute Gasteiger partial charge is 0.410 e. The number of rotatable bonds is 0. The third-order valence-corrected chi connectivity index (χ3v) is 3.71. The highest BCUT2D eigenvalue weighted by molar-refractivity contribution is 14.1. The van der Waals surface area contributed by atoms with Crippen LogP contribution in [0.5, 0.6) is 0 Å². The van der Waals surface area contributed by atoms with Gasteiger partial charge in [-0.15, -0.1) is 0 Å². The van der Waals surface area contributed by atoms with Crippen molar-refractivity contribution >= 4 is 28.7 Å². The molecule has 0 spiro atoms. The first-order valence-corrected chi connectivity index (χ1v) is 7.14. The van der Waals surface area contributed by atoms with Crippen LogP contribution in [0.2, 0.25) is 0 Å². The molecule has 0 aromatic carbocycles. The van der Waals surface area contributed by atoms with Crippen molar-refractivity contribution in [2.45, 2.75) is 39.2 Å². The molecule has 1 N–H and O–H groups in total. The minimum atomic E-state index is -0.437. The van der Waals surface area contributed by atoms with Gasteiger partial charge in [0, 0.05) is 30.8 Å². The van der Waals surface area contributed by atoms with Gasteiger partial charge in [-0.1, -0.05) is 0 Å². The average molecular weight is 363 g/mol. The van der Waals surface area contributed by atoms with E-state index in [1.807, 2.05) is 20.8 Å². The molecule has 0 radical (unpaired) electrons. The Balaban J connectivity index is 2.02. The number of H-pyrrole nitrogens is 1. The van der Waals surface area contributed by atoms with Crippen LogP contribution in [0.3, 0.4) is 0 Å². The van der Waals surface area contributed by atoms with Crippen molar-refractivity contribution in [3.63, 3.8) is 0 Å². The van der Waals surface area contributed by atoms with Gasteiger partial charge in [-0.3, -0.25) is 5.10 Å². The first-order chi connectivity index (χ1) is 8.37. The van der Waals surface area contributed by atoms with Gasteiger partial charge in [0.2, 0.25) is 0 Å². The summed E-state index contributed by atoms with van der Waals surface area (Å²) in [6.45, 7) is 7.03. The van der Waals surface area contributed by atoms with Gasteiger partial charge in [0.15, 0.2) is 0 Å². The second kappa shape index (κ2) is 5.07. The predicted molar refractivity (Wildman–Crippen MR) is 76.5 cm³/mol. The van der Waals surface area contributed by atoms with Crippen molar-refractivity contribution < 1.29 is 9.53 Å². The molecule has 1 aromatic rings. The molecule has 0 saturated carbocycles. The van der Waals surface area contributed by atoms with Crippen molar-refractivity contribution in [3.8, 4) is 0 Å². The van der Waals surface area contributed by atoms with Gasteiger partial charge in [-0.25, -0.2) is 4.79 Å². The van der Waals surface area contributed by atoms with Crippen LogP contribution in [0.1, 0.15) is 32.0 Å². The molecule has 1 aliphatic rings. The Morgan fingerprint density at radius 2 is 2.06 bits per heavy atom. The van der Waals surface area contributed by atoms with Crippen molar-refractivity contribution in [1.82, 2.24) is 15.1 Å². The Labute approximate surface area is 120 Å². The maximum Gasteiger partial charge on any atom is 0.410 e. The summed E-state index contributed by atoms with van der Waals surface area (Å²) in [6.07, 6.45) is 1.42. The highest BCUT2D eigenvalue weighted by atomic mass is 127. The molecule has 1 amide bonds. The number of aromatic nitrogens is 2. The van der Waals surface area contributed by atoms with E-state index >= 15 is 0 Å². The molecule has 0 unspecified atom stereocenters. The van der Waals surface area contributed by atoms with E-state index in [9.17, 15) is 4.79 Å². The van der Waals surface area contributed by atoms with Gasteiger partial charge in [-0.2, -0.15) is 5.10 Å². The Kier molecular flexibility index (Phi) is 3.84. The third-order valence-electron chi connectivity index (χ3n) is 2.82. The molecule has 0 atom stereocenters. The summed E-state index contributed by atoms with van der Waals surface area (Å²) in [5.41, 5.74) is 1.94. The monoisotopic (exact) mass is 363 g/mol.